The quantitative estimate of drug-likeness (QED) is 0.930. The molecular weight excluding hydrogens is 329 g/mol. The van der Waals surface area contributed by atoms with Gasteiger partial charge in [0.15, 0.2) is 5.13 Å². The van der Waals surface area contributed by atoms with E-state index in [4.69, 9.17) is 0 Å². The van der Waals surface area contributed by atoms with E-state index in [0.717, 1.165) is 35.6 Å². The lowest BCUT2D eigenvalue weighted by atomic mass is 10.3. The Hall–Kier alpha value is -1.81. The third-order valence-corrected chi connectivity index (χ3v) is 4.57. The fourth-order valence-electron chi connectivity index (χ4n) is 1.40. The Morgan fingerprint density at radius 1 is 1.24 bits per heavy atom. The van der Waals surface area contributed by atoms with Gasteiger partial charge in [-0.2, -0.15) is 0 Å². The molecule has 5 nitrogen and oxygen atoms in total. The maximum atomic E-state index is 12.0. The van der Waals surface area contributed by atoms with Gasteiger partial charge in [0, 0.05) is 5.38 Å². The van der Waals surface area contributed by atoms with E-state index in [9.17, 15) is 21.6 Å². The number of hydrogen-bond donors (Lipinski definition) is 1. The zero-order valence-corrected chi connectivity index (χ0v) is 12.1. The van der Waals surface area contributed by atoms with Gasteiger partial charge in [-0.25, -0.2) is 13.4 Å². The summed E-state index contributed by atoms with van der Waals surface area (Å²) >= 11 is 1.11. The lowest BCUT2D eigenvalue weighted by Gasteiger charge is -2.09. The van der Waals surface area contributed by atoms with Crippen molar-refractivity contribution in [2.45, 2.75) is 18.2 Å². The van der Waals surface area contributed by atoms with Gasteiger partial charge in [-0.15, -0.1) is 24.5 Å². The molecule has 0 aliphatic rings. The number of sulfonamides is 1. The van der Waals surface area contributed by atoms with Crippen molar-refractivity contribution in [3.05, 3.63) is 35.3 Å². The lowest BCUT2D eigenvalue weighted by Crippen LogP contribution is -2.17. The summed E-state index contributed by atoms with van der Waals surface area (Å²) in [6.07, 6.45) is -4.82. The van der Waals surface area contributed by atoms with Gasteiger partial charge >= 0.3 is 6.36 Å². The van der Waals surface area contributed by atoms with Crippen molar-refractivity contribution in [3.63, 3.8) is 0 Å². The molecule has 0 spiro atoms. The predicted octanol–water partition coefficient (Wildman–Crippen LogP) is 3.15. The second-order valence-electron chi connectivity index (χ2n) is 3.92. The molecule has 1 N–H and O–H groups in total. The number of hydrogen-bond acceptors (Lipinski definition) is 5. The highest BCUT2D eigenvalue weighted by Crippen LogP contribution is 2.25. The molecule has 0 aliphatic heterocycles. The number of aromatic nitrogens is 1. The molecule has 0 unspecified atom stereocenters. The fraction of sp³-hybridized carbons (Fsp3) is 0.182. The third-order valence-electron chi connectivity index (χ3n) is 2.21. The second kappa shape index (κ2) is 5.53. The van der Waals surface area contributed by atoms with Crippen LogP contribution < -0.4 is 9.46 Å². The molecule has 114 valence electrons. The SMILES string of the molecule is Cc1csc(NS(=O)(=O)c2ccc(OC(F)(F)F)cc2)n1. The van der Waals surface area contributed by atoms with Gasteiger partial charge in [-0.1, -0.05) is 0 Å². The van der Waals surface area contributed by atoms with Gasteiger partial charge in [0.05, 0.1) is 10.6 Å². The molecule has 0 saturated carbocycles. The van der Waals surface area contributed by atoms with Crippen LogP contribution in [-0.4, -0.2) is 19.8 Å². The Morgan fingerprint density at radius 3 is 2.33 bits per heavy atom. The first kappa shape index (κ1) is 15.6. The number of thiazole rings is 1. The normalized spacial score (nSPS) is 12.2. The van der Waals surface area contributed by atoms with Crippen molar-refractivity contribution in [2.24, 2.45) is 0 Å². The van der Waals surface area contributed by atoms with Gasteiger partial charge in [0.25, 0.3) is 10.0 Å². The summed E-state index contributed by atoms with van der Waals surface area (Å²) in [4.78, 5) is 3.75. The predicted molar refractivity (Wildman–Crippen MR) is 70.8 cm³/mol. The lowest BCUT2D eigenvalue weighted by molar-refractivity contribution is -0.274. The van der Waals surface area contributed by atoms with Crippen LogP contribution in [0.1, 0.15) is 5.69 Å². The van der Waals surface area contributed by atoms with Crippen LogP contribution in [0.3, 0.4) is 0 Å². The van der Waals surface area contributed by atoms with Crippen molar-refractivity contribution >= 4 is 26.5 Å². The van der Waals surface area contributed by atoms with E-state index in [1.54, 1.807) is 12.3 Å². The average molecular weight is 338 g/mol. The monoisotopic (exact) mass is 338 g/mol. The summed E-state index contributed by atoms with van der Waals surface area (Å²) in [5, 5.41) is 1.85. The minimum Gasteiger partial charge on any atom is -0.406 e. The summed E-state index contributed by atoms with van der Waals surface area (Å²) in [6.45, 7) is 1.71. The van der Waals surface area contributed by atoms with Crippen LogP contribution in [0, 0.1) is 6.92 Å². The maximum absolute atomic E-state index is 12.0. The Labute approximate surface area is 122 Å². The van der Waals surface area contributed by atoms with Crippen LogP contribution in [0.5, 0.6) is 5.75 Å². The molecule has 0 fully saturated rings. The molecule has 2 rings (SSSR count). The van der Waals surface area contributed by atoms with Crippen LogP contribution in [0.4, 0.5) is 18.3 Å². The zero-order chi connectivity index (χ0) is 15.7. The van der Waals surface area contributed by atoms with Crippen molar-refractivity contribution in [3.8, 4) is 5.75 Å². The zero-order valence-electron chi connectivity index (χ0n) is 10.5. The molecule has 0 bridgehead atoms. The minimum absolute atomic E-state index is 0.183. The number of nitrogens with one attached hydrogen (secondary N) is 1. The summed E-state index contributed by atoms with van der Waals surface area (Å²) in [6, 6.07) is 3.89. The molecule has 1 aromatic carbocycles. The van der Waals surface area contributed by atoms with Crippen LogP contribution in [0.25, 0.3) is 0 Å². The first-order valence-corrected chi connectivity index (χ1v) is 7.83. The largest absolute Gasteiger partial charge is 0.573 e. The van der Waals surface area contributed by atoms with Gasteiger partial charge in [0.1, 0.15) is 5.75 Å². The van der Waals surface area contributed by atoms with E-state index in [2.05, 4.69) is 14.4 Å². The Balaban J connectivity index is 2.17. The van der Waals surface area contributed by atoms with E-state index >= 15 is 0 Å². The highest BCUT2D eigenvalue weighted by Gasteiger charge is 2.31. The number of anilines is 1. The molecule has 0 amide bonds. The van der Waals surface area contributed by atoms with Crippen LogP contribution in [0.15, 0.2) is 34.5 Å². The Bertz CT molecular complexity index is 724. The maximum Gasteiger partial charge on any atom is 0.573 e. The van der Waals surface area contributed by atoms with Crippen LogP contribution in [-0.2, 0) is 10.0 Å². The van der Waals surface area contributed by atoms with Crippen LogP contribution in [0.2, 0.25) is 0 Å². The van der Waals surface area contributed by atoms with E-state index in [1.807, 2.05) is 0 Å². The molecule has 1 heterocycles. The molecule has 10 heteroatoms. The van der Waals surface area contributed by atoms with Gasteiger partial charge in [-0.3, -0.25) is 4.72 Å². The van der Waals surface area contributed by atoms with Crippen molar-refractivity contribution in [1.29, 1.82) is 0 Å². The van der Waals surface area contributed by atoms with E-state index < -0.39 is 22.1 Å². The number of ether oxygens (including phenoxy) is 1. The molecule has 21 heavy (non-hydrogen) atoms. The average Bonchev–Trinajstić information content (AvgIpc) is 2.72. The van der Waals surface area contributed by atoms with Crippen LogP contribution >= 0.6 is 11.3 Å². The smallest absolute Gasteiger partial charge is 0.406 e. The fourth-order valence-corrected chi connectivity index (χ4v) is 3.34. The number of halogens is 3. The molecular formula is C11H9F3N2O3S2. The highest BCUT2D eigenvalue weighted by atomic mass is 32.2. The minimum atomic E-state index is -4.82. The van der Waals surface area contributed by atoms with E-state index in [1.165, 1.54) is 0 Å². The molecule has 2 aromatic rings. The van der Waals surface area contributed by atoms with Crippen molar-refractivity contribution < 1.29 is 26.3 Å². The number of benzene rings is 1. The Kier molecular flexibility index (Phi) is 4.10. The molecule has 0 radical (unpaired) electrons. The van der Waals surface area contributed by atoms with Gasteiger partial charge in [0.2, 0.25) is 0 Å². The number of rotatable bonds is 4. The summed E-state index contributed by atoms with van der Waals surface area (Å²) in [7, 11) is -3.90. The van der Waals surface area contributed by atoms with Gasteiger partial charge < -0.3 is 4.74 Å². The number of alkyl halides is 3. The third kappa shape index (κ3) is 4.33. The highest BCUT2D eigenvalue weighted by molar-refractivity contribution is 7.93. The first-order chi connectivity index (χ1) is 9.66. The first-order valence-electron chi connectivity index (χ1n) is 5.46. The molecule has 0 aliphatic carbocycles. The number of nitrogens with zero attached hydrogens (tertiary/aromatic N) is 1. The second-order valence-corrected chi connectivity index (χ2v) is 6.46. The van der Waals surface area contributed by atoms with E-state index in [0.29, 0.717) is 5.69 Å². The summed E-state index contributed by atoms with van der Waals surface area (Å²) in [5.74, 6) is -0.494. The molecule has 0 saturated heterocycles. The number of aryl methyl sites for hydroxylation is 1. The topological polar surface area (TPSA) is 68.3 Å². The standard InChI is InChI=1S/C11H9F3N2O3S2/c1-7-6-20-10(15-7)16-21(17,18)9-4-2-8(3-5-9)19-11(12,13)14/h2-6H,1H3,(H,15,16). The molecule has 1 aromatic heterocycles. The van der Waals surface area contributed by atoms with Crippen molar-refractivity contribution in [1.82, 2.24) is 4.98 Å². The Morgan fingerprint density at radius 2 is 1.86 bits per heavy atom. The van der Waals surface area contributed by atoms with E-state index in [-0.39, 0.29) is 10.0 Å². The van der Waals surface area contributed by atoms with Gasteiger partial charge in [-0.05, 0) is 31.2 Å². The summed E-state index contributed by atoms with van der Waals surface area (Å²) in [5.41, 5.74) is 0.659. The molecule has 0 atom stereocenters. The summed E-state index contributed by atoms with van der Waals surface area (Å²) < 4.78 is 65.9. The van der Waals surface area contributed by atoms with Crippen molar-refractivity contribution in [2.75, 3.05) is 4.72 Å².